The predicted octanol–water partition coefficient (Wildman–Crippen LogP) is 3.05. The normalized spacial score (nSPS) is 24.5. The van der Waals surface area contributed by atoms with Gasteiger partial charge in [0.2, 0.25) is 0 Å². The molecule has 1 unspecified atom stereocenters. The Bertz CT molecular complexity index is 197. The van der Waals surface area contributed by atoms with Gasteiger partial charge in [-0.15, -0.1) is 0 Å². The number of hydrogen-bond acceptors (Lipinski definition) is 3. The van der Waals surface area contributed by atoms with Crippen LogP contribution in [0.15, 0.2) is 0 Å². The van der Waals surface area contributed by atoms with Gasteiger partial charge in [0.15, 0.2) is 0 Å². The minimum atomic E-state index is 0.331. The van der Waals surface area contributed by atoms with Crippen LogP contribution >= 0.6 is 11.8 Å². The third-order valence-electron chi connectivity index (χ3n) is 3.70. The maximum Gasteiger partial charge on any atom is 0.0438 e. The number of aliphatic hydroxyl groups is 1. The summed E-state index contributed by atoms with van der Waals surface area (Å²) in [6, 6.07) is 0.746. The third kappa shape index (κ3) is 7.32. The highest BCUT2D eigenvalue weighted by Crippen LogP contribution is 2.33. The summed E-state index contributed by atoms with van der Waals surface area (Å²) in [5.41, 5.74) is 0.562. The first-order valence-corrected chi connectivity index (χ1v) is 8.21. The topological polar surface area (TPSA) is 32.3 Å². The fourth-order valence-electron chi connectivity index (χ4n) is 2.47. The van der Waals surface area contributed by atoms with Gasteiger partial charge >= 0.3 is 0 Å². The molecule has 0 radical (unpaired) electrons. The highest BCUT2D eigenvalue weighted by atomic mass is 32.2. The molecule has 1 saturated carbocycles. The fourth-order valence-corrected chi connectivity index (χ4v) is 3.27. The van der Waals surface area contributed by atoms with Crippen molar-refractivity contribution < 1.29 is 5.11 Å². The van der Waals surface area contributed by atoms with Crippen LogP contribution in [0.25, 0.3) is 0 Å². The molecule has 1 aliphatic carbocycles. The third-order valence-corrected chi connectivity index (χ3v) is 4.77. The number of thioether (sulfide) groups is 1. The van der Waals surface area contributed by atoms with Gasteiger partial charge in [-0.25, -0.2) is 0 Å². The Hall–Kier alpha value is 0.270. The summed E-state index contributed by atoms with van der Waals surface area (Å²) < 4.78 is 0. The molecule has 3 heteroatoms. The summed E-state index contributed by atoms with van der Waals surface area (Å²) in [4.78, 5) is 0. The van der Waals surface area contributed by atoms with Gasteiger partial charge in [0, 0.05) is 24.9 Å². The average molecular weight is 259 g/mol. The highest BCUT2D eigenvalue weighted by Gasteiger charge is 2.23. The lowest BCUT2D eigenvalue weighted by molar-refractivity contribution is 0.296. The van der Waals surface area contributed by atoms with E-state index in [1.54, 1.807) is 0 Å². The monoisotopic (exact) mass is 259 g/mol. The van der Waals surface area contributed by atoms with Crippen molar-refractivity contribution in [3.8, 4) is 0 Å². The number of nitrogens with one attached hydrogen (secondary N) is 1. The van der Waals surface area contributed by atoms with E-state index in [0.29, 0.717) is 12.0 Å². The number of aliphatic hydroxyl groups excluding tert-OH is 1. The van der Waals surface area contributed by atoms with Crippen molar-refractivity contribution >= 4 is 11.8 Å². The summed E-state index contributed by atoms with van der Waals surface area (Å²) in [6.07, 6.45) is 7.75. The van der Waals surface area contributed by atoms with Crippen LogP contribution in [0.5, 0.6) is 0 Å². The van der Waals surface area contributed by atoms with Crippen molar-refractivity contribution in [1.29, 1.82) is 0 Å². The molecule has 0 heterocycles. The summed E-state index contributed by atoms with van der Waals surface area (Å²) >= 11 is 1.95. The van der Waals surface area contributed by atoms with Crippen molar-refractivity contribution in [3.05, 3.63) is 0 Å². The van der Waals surface area contributed by atoms with E-state index >= 15 is 0 Å². The lowest BCUT2D eigenvalue weighted by Gasteiger charge is -2.22. The van der Waals surface area contributed by atoms with Crippen LogP contribution in [0.2, 0.25) is 0 Å². The lowest BCUT2D eigenvalue weighted by atomic mass is 9.85. The first-order valence-electron chi connectivity index (χ1n) is 7.06. The number of hydrogen-bond donors (Lipinski definition) is 2. The standard InChI is InChI=1S/C14H29NOS/c1-14(2)7-3-5-13(6-8-14)15-9-12-17-11-4-10-16/h13,15-16H,3-12H2,1-2H3. The molecule has 0 aromatic rings. The zero-order valence-electron chi connectivity index (χ0n) is 11.5. The van der Waals surface area contributed by atoms with Crippen LogP contribution in [0.3, 0.4) is 0 Å². The molecular weight excluding hydrogens is 230 g/mol. The highest BCUT2D eigenvalue weighted by molar-refractivity contribution is 7.99. The SMILES string of the molecule is CC1(C)CCCC(NCCSCCCO)CC1. The van der Waals surface area contributed by atoms with Gasteiger partial charge < -0.3 is 10.4 Å². The van der Waals surface area contributed by atoms with Crippen molar-refractivity contribution in [3.63, 3.8) is 0 Å². The second kappa shape index (κ2) is 8.39. The minimum absolute atomic E-state index is 0.331. The van der Waals surface area contributed by atoms with Gasteiger partial charge in [0.05, 0.1) is 0 Å². The van der Waals surface area contributed by atoms with E-state index in [-0.39, 0.29) is 0 Å². The van der Waals surface area contributed by atoms with Gasteiger partial charge in [-0.3, -0.25) is 0 Å². The Labute approximate surface area is 111 Å². The molecule has 0 spiro atoms. The van der Waals surface area contributed by atoms with Gasteiger partial charge in [-0.2, -0.15) is 11.8 Å². The molecule has 1 atom stereocenters. The first kappa shape index (κ1) is 15.3. The van der Waals surface area contributed by atoms with Gasteiger partial charge in [-0.05, 0) is 43.3 Å². The molecule has 17 heavy (non-hydrogen) atoms. The molecule has 0 saturated heterocycles. The molecule has 0 aromatic heterocycles. The summed E-state index contributed by atoms with van der Waals surface area (Å²) in [7, 11) is 0. The Morgan fingerprint density at radius 3 is 2.82 bits per heavy atom. The van der Waals surface area contributed by atoms with Gasteiger partial charge in [-0.1, -0.05) is 20.3 Å². The van der Waals surface area contributed by atoms with E-state index < -0.39 is 0 Å². The van der Waals surface area contributed by atoms with E-state index in [1.807, 2.05) is 11.8 Å². The second-order valence-corrected chi connectivity index (χ2v) is 7.16. The van der Waals surface area contributed by atoms with Crippen LogP contribution in [-0.2, 0) is 0 Å². The lowest BCUT2D eigenvalue weighted by Crippen LogP contribution is -2.30. The van der Waals surface area contributed by atoms with Crippen LogP contribution in [0.1, 0.15) is 52.4 Å². The summed E-state index contributed by atoms with van der Waals surface area (Å²) in [5, 5.41) is 12.4. The fraction of sp³-hybridized carbons (Fsp3) is 1.00. The smallest absolute Gasteiger partial charge is 0.0438 e. The Kier molecular flexibility index (Phi) is 7.56. The van der Waals surface area contributed by atoms with E-state index in [1.165, 1.54) is 37.9 Å². The van der Waals surface area contributed by atoms with E-state index in [0.717, 1.165) is 24.8 Å². The molecule has 1 fully saturated rings. The summed E-state index contributed by atoms with van der Waals surface area (Å²) in [6.45, 7) is 6.26. The molecule has 1 aliphatic rings. The molecule has 1 rings (SSSR count). The molecular formula is C14H29NOS. The Morgan fingerprint density at radius 1 is 1.24 bits per heavy atom. The maximum absolute atomic E-state index is 8.68. The zero-order valence-corrected chi connectivity index (χ0v) is 12.3. The van der Waals surface area contributed by atoms with E-state index in [2.05, 4.69) is 19.2 Å². The van der Waals surface area contributed by atoms with Crippen LogP contribution in [0.4, 0.5) is 0 Å². The molecule has 2 nitrogen and oxygen atoms in total. The molecule has 0 bridgehead atoms. The maximum atomic E-state index is 8.68. The predicted molar refractivity (Wildman–Crippen MR) is 77.7 cm³/mol. The molecule has 102 valence electrons. The van der Waals surface area contributed by atoms with Crippen molar-refractivity contribution in [2.24, 2.45) is 5.41 Å². The summed E-state index contributed by atoms with van der Waals surface area (Å²) in [5.74, 6) is 2.27. The quantitative estimate of drug-likeness (QED) is 0.544. The minimum Gasteiger partial charge on any atom is -0.396 e. The Morgan fingerprint density at radius 2 is 2.06 bits per heavy atom. The molecule has 0 aliphatic heterocycles. The van der Waals surface area contributed by atoms with Crippen LogP contribution < -0.4 is 5.32 Å². The zero-order chi connectivity index (χ0) is 12.6. The largest absolute Gasteiger partial charge is 0.396 e. The van der Waals surface area contributed by atoms with E-state index in [9.17, 15) is 0 Å². The van der Waals surface area contributed by atoms with E-state index in [4.69, 9.17) is 5.11 Å². The van der Waals surface area contributed by atoms with Gasteiger partial charge in [0.25, 0.3) is 0 Å². The van der Waals surface area contributed by atoms with Crippen molar-refractivity contribution in [1.82, 2.24) is 5.32 Å². The van der Waals surface area contributed by atoms with Crippen molar-refractivity contribution in [2.75, 3.05) is 24.7 Å². The van der Waals surface area contributed by atoms with Gasteiger partial charge in [0.1, 0.15) is 0 Å². The average Bonchev–Trinajstić information content (AvgIpc) is 2.45. The second-order valence-electron chi connectivity index (χ2n) is 5.94. The van der Waals surface area contributed by atoms with Crippen LogP contribution in [0, 0.1) is 5.41 Å². The Balaban J connectivity index is 2.03. The number of rotatable bonds is 7. The first-order chi connectivity index (χ1) is 8.14. The van der Waals surface area contributed by atoms with Crippen LogP contribution in [-0.4, -0.2) is 35.8 Å². The molecule has 0 amide bonds. The molecule has 2 N–H and O–H groups in total. The van der Waals surface area contributed by atoms with Crippen molar-refractivity contribution in [2.45, 2.75) is 58.4 Å². The molecule has 0 aromatic carbocycles.